The first-order valence-corrected chi connectivity index (χ1v) is 11.2. The van der Waals surface area contributed by atoms with Crippen LogP contribution in [-0.4, -0.2) is 60.7 Å². The minimum absolute atomic E-state index is 0.000575. The maximum Gasteiger partial charge on any atom is 0.471 e. The van der Waals surface area contributed by atoms with Gasteiger partial charge in [0.25, 0.3) is 5.91 Å². The number of allylic oxidation sites excluding steroid dienone is 1. The van der Waals surface area contributed by atoms with E-state index in [1.165, 1.54) is 28.4 Å². The maximum atomic E-state index is 15.0. The van der Waals surface area contributed by atoms with E-state index < -0.39 is 48.5 Å². The van der Waals surface area contributed by atoms with Crippen molar-refractivity contribution in [3.63, 3.8) is 0 Å². The molecule has 0 bridgehead atoms. The van der Waals surface area contributed by atoms with Crippen molar-refractivity contribution in [2.75, 3.05) is 26.2 Å². The van der Waals surface area contributed by atoms with Gasteiger partial charge < -0.3 is 20.9 Å². The number of benzene rings is 1. The molecule has 0 radical (unpaired) electrons. The lowest BCUT2D eigenvalue weighted by atomic mass is 9.95. The van der Waals surface area contributed by atoms with Crippen LogP contribution in [0.4, 0.5) is 22.0 Å². The molecule has 4 N–H and O–H groups in total. The molecule has 1 unspecified atom stereocenters. The van der Waals surface area contributed by atoms with Gasteiger partial charge >= 0.3 is 18.0 Å². The van der Waals surface area contributed by atoms with Crippen LogP contribution in [0.3, 0.4) is 0 Å². The van der Waals surface area contributed by atoms with Crippen LogP contribution in [-0.2, 0) is 4.79 Å². The largest absolute Gasteiger partial charge is 0.471 e. The average Bonchev–Trinajstić information content (AvgIpc) is 2.91. The quantitative estimate of drug-likeness (QED) is 0.526. The normalized spacial score (nSPS) is 23.4. The highest BCUT2D eigenvalue weighted by Gasteiger charge is 2.45. The second-order valence-corrected chi connectivity index (χ2v) is 9.05. The van der Waals surface area contributed by atoms with Gasteiger partial charge in [-0.25, -0.2) is 0 Å². The summed E-state index contributed by atoms with van der Waals surface area (Å²) in [6, 6.07) is 4.30. The van der Waals surface area contributed by atoms with E-state index in [2.05, 4.69) is 0 Å². The molecule has 1 aromatic carbocycles. The van der Waals surface area contributed by atoms with Crippen LogP contribution in [0.25, 0.3) is 0 Å². The molecule has 13 heteroatoms. The third kappa shape index (κ3) is 6.05. The van der Waals surface area contributed by atoms with Crippen molar-refractivity contribution in [1.82, 2.24) is 10.2 Å². The summed E-state index contributed by atoms with van der Waals surface area (Å²) in [7, 11) is 0. The lowest BCUT2D eigenvalue weighted by molar-refractivity contribution is -0.623. The molecule has 3 rings (SSSR count). The Kier molecular flexibility index (Phi) is 7.89. The van der Waals surface area contributed by atoms with Gasteiger partial charge in [-0.05, 0) is 24.6 Å². The van der Waals surface area contributed by atoms with Crippen molar-refractivity contribution in [1.29, 1.82) is 5.41 Å². The molecule has 0 spiro atoms. The van der Waals surface area contributed by atoms with Gasteiger partial charge in [0.2, 0.25) is 0 Å². The molecule has 186 valence electrons. The summed E-state index contributed by atoms with van der Waals surface area (Å²) in [4.78, 5) is 25.3. The Labute approximate surface area is 202 Å². The molecule has 2 amide bonds. The number of halogens is 7. The van der Waals surface area contributed by atoms with Gasteiger partial charge in [-0.3, -0.25) is 9.59 Å². The Hall–Kier alpha value is -2.24. The number of carbonyl (C=O) groups is 2. The predicted molar refractivity (Wildman–Crippen MR) is 115 cm³/mol. The molecular formula is C21H22Cl2F5N4O2+. The van der Waals surface area contributed by atoms with Crippen molar-refractivity contribution < 1.29 is 36.9 Å². The molecule has 2 aliphatic heterocycles. The lowest BCUT2D eigenvalue weighted by Crippen LogP contribution is -2.86. The zero-order valence-corrected chi connectivity index (χ0v) is 19.3. The van der Waals surface area contributed by atoms with Crippen LogP contribution in [0.15, 0.2) is 29.5 Å². The Balaban J connectivity index is 1.78. The Morgan fingerprint density at radius 3 is 2.59 bits per heavy atom. The number of nitrogens with zero attached hydrogens (tertiary/aromatic N) is 1. The highest BCUT2D eigenvalue weighted by Crippen LogP contribution is 2.33. The molecule has 2 fully saturated rings. The molecule has 0 aliphatic carbocycles. The molecule has 2 heterocycles. The van der Waals surface area contributed by atoms with E-state index in [1.807, 2.05) is 0 Å². The Morgan fingerprint density at radius 2 is 1.94 bits per heavy atom. The highest BCUT2D eigenvalue weighted by atomic mass is 35.5. The van der Waals surface area contributed by atoms with Crippen LogP contribution in [0.1, 0.15) is 29.6 Å². The summed E-state index contributed by atoms with van der Waals surface area (Å²) in [6.45, 7) is -0.450. The van der Waals surface area contributed by atoms with Gasteiger partial charge in [-0.2, -0.15) is 22.0 Å². The van der Waals surface area contributed by atoms with Crippen LogP contribution in [0.2, 0.25) is 10.0 Å². The van der Waals surface area contributed by atoms with Crippen LogP contribution in [0, 0.1) is 11.3 Å². The van der Waals surface area contributed by atoms with Crippen molar-refractivity contribution in [3.8, 4) is 0 Å². The second-order valence-electron chi connectivity index (χ2n) is 8.23. The second kappa shape index (κ2) is 10.2. The first kappa shape index (κ1) is 26.4. The molecule has 6 nitrogen and oxygen atoms in total. The van der Waals surface area contributed by atoms with E-state index in [0.29, 0.717) is 0 Å². The molecule has 0 saturated carbocycles. The summed E-state index contributed by atoms with van der Waals surface area (Å²) < 4.78 is 67.2. The van der Waals surface area contributed by atoms with Crippen LogP contribution >= 0.6 is 23.2 Å². The minimum Gasteiger partial charge on any atom is -0.348 e. The number of hydrogen-bond donors (Lipinski definition) is 3. The number of nitrogens with one attached hydrogen (secondary N) is 2. The average molecular weight is 528 g/mol. The van der Waals surface area contributed by atoms with E-state index in [9.17, 15) is 22.8 Å². The zero-order chi connectivity index (χ0) is 25.3. The van der Waals surface area contributed by atoms with E-state index in [1.54, 1.807) is 5.32 Å². The van der Waals surface area contributed by atoms with Crippen molar-refractivity contribution >= 4 is 40.7 Å². The maximum absolute atomic E-state index is 15.0. The highest BCUT2D eigenvalue weighted by molar-refractivity contribution is 6.42. The molecule has 2 saturated heterocycles. The number of likely N-dealkylation sites (tertiary alicyclic amines) is 1. The van der Waals surface area contributed by atoms with Gasteiger partial charge in [-0.15, -0.1) is 0 Å². The summed E-state index contributed by atoms with van der Waals surface area (Å²) in [5, 5.41) is 11.6. The summed E-state index contributed by atoms with van der Waals surface area (Å²) in [5.41, 5.74) is -0.171. The number of quaternary nitrogens is 1. The Morgan fingerprint density at radius 1 is 1.24 bits per heavy atom. The van der Waals surface area contributed by atoms with Crippen molar-refractivity contribution in [2.45, 2.75) is 31.4 Å². The number of amides is 2. The molecule has 1 aromatic rings. The zero-order valence-electron chi connectivity index (χ0n) is 17.7. The lowest BCUT2D eigenvalue weighted by Gasteiger charge is -2.31. The molecule has 1 atom stereocenters. The molecule has 0 aromatic heterocycles. The fraction of sp³-hybridized carbons (Fsp3) is 0.476. The van der Waals surface area contributed by atoms with E-state index >= 15 is 8.78 Å². The molecule has 34 heavy (non-hydrogen) atoms. The van der Waals surface area contributed by atoms with Gasteiger partial charge in [0.1, 0.15) is 0 Å². The molecule has 2 aliphatic rings. The number of carbonyl (C=O) groups excluding carboxylic acids is 2. The third-order valence-corrected chi connectivity index (χ3v) is 6.59. The third-order valence-electron chi connectivity index (χ3n) is 5.85. The molecular weight excluding hydrogens is 506 g/mol. The van der Waals surface area contributed by atoms with E-state index in [0.717, 1.165) is 0 Å². The first-order valence-electron chi connectivity index (χ1n) is 10.4. The number of rotatable bonds is 3. The SMILES string of the molecule is N=C1CCN(C(=O)c2ccc(Cl)c(Cl)c2)C/C1=C1/[NH2+]CC(CNC(=O)C(F)(F)F)CCC1(F)F. The van der Waals surface area contributed by atoms with Gasteiger partial charge in [0.15, 0.2) is 5.70 Å². The summed E-state index contributed by atoms with van der Waals surface area (Å²) in [5.74, 6) is -6.52. The van der Waals surface area contributed by atoms with Crippen molar-refractivity contribution in [3.05, 3.63) is 45.1 Å². The first-order chi connectivity index (χ1) is 15.8. The number of alkyl halides is 5. The van der Waals surface area contributed by atoms with Gasteiger partial charge in [0.05, 0.1) is 28.7 Å². The van der Waals surface area contributed by atoms with Crippen LogP contribution in [0.5, 0.6) is 0 Å². The summed E-state index contributed by atoms with van der Waals surface area (Å²) in [6.07, 6.45) is -5.74. The van der Waals surface area contributed by atoms with E-state index in [4.69, 9.17) is 28.6 Å². The topological polar surface area (TPSA) is 89.9 Å². The Bertz CT molecular complexity index is 1030. The standard InChI is InChI=1S/C21H21Cl2F5N4O2/c22-14-2-1-12(7-15(14)23)18(33)32-6-4-16(29)13(10-32)17-20(24,25)5-3-11(8-30-17)9-31-19(34)21(26,27)28/h1-2,7,11,29-30H,3-6,8-10H2,(H,31,34)/p+1/b17-13-,29-16?. The monoisotopic (exact) mass is 527 g/mol. The van der Waals surface area contributed by atoms with Crippen molar-refractivity contribution in [2.24, 2.45) is 5.92 Å². The fourth-order valence-corrected chi connectivity index (χ4v) is 4.23. The van der Waals surface area contributed by atoms with Crippen LogP contribution < -0.4 is 10.6 Å². The predicted octanol–water partition coefficient (Wildman–Crippen LogP) is 3.40. The summed E-state index contributed by atoms with van der Waals surface area (Å²) >= 11 is 11.8. The fourth-order valence-electron chi connectivity index (χ4n) is 3.93. The number of piperidine rings is 1. The number of nitrogens with two attached hydrogens (primary N) is 1. The number of hydrogen-bond acceptors (Lipinski definition) is 3. The van der Waals surface area contributed by atoms with Gasteiger partial charge in [-0.1, -0.05) is 23.2 Å². The minimum atomic E-state index is -5.05. The van der Waals surface area contributed by atoms with Gasteiger partial charge in [0, 0.05) is 43.1 Å². The van der Waals surface area contributed by atoms with E-state index in [-0.39, 0.29) is 59.4 Å². The smallest absolute Gasteiger partial charge is 0.348 e.